The summed E-state index contributed by atoms with van der Waals surface area (Å²) in [5.74, 6) is 0.0757. The van der Waals surface area contributed by atoms with E-state index in [1.165, 1.54) is 32.1 Å². The molecular formula is C16H33N3O2. The molecule has 0 radical (unpaired) electrons. The molecule has 1 aliphatic rings. The van der Waals surface area contributed by atoms with E-state index < -0.39 is 0 Å². The SMILES string of the molecule is COCCCNC(=O)CNCCCN(C)C1CCCCC1. The molecule has 0 bridgehead atoms. The molecule has 0 unspecified atom stereocenters. The Morgan fingerprint density at radius 3 is 2.67 bits per heavy atom. The van der Waals surface area contributed by atoms with Crippen LogP contribution in [0, 0.1) is 0 Å². The van der Waals surface area contributed by atoms with Crippen LogP contribution in [-0.4, -0.2) is 63.8 Å². The van der Waals surface area contributed by atoms with E-state index in [0.29, 0.717) is 19.7 Å². The number of methoxy groups -OCH3 is 1. The monoisotopic (exact) mass is 299 g/mol. The first-order chi connectivity index (χ1) is 10.2. The van der Waals surface area contributed by atoms with Gasteiger partial charge in [-0.05, 0) is 45.8 Å². The van der Waals surface area contributed by atoms with Gasteiger partial charge in [-0.1, -0.05) is 19.3 Å². The molecule has 0 aromatic rings. The van der Waals surface area contributed by atoms with Gasteiger partial charge in [-0.15, -0.1) is 0 Å². The second kappa shape index (κ2) is 12.0. The molecule has 1 rings (SSSR count). The lowest BCUT2D eigenvalue weighted by Crippen LogP contribution is -2.37. The van der Waals surface area contributed by atoms with Crippen molar-refractivity contribution in [3.8, 4) is 0 Å². The Balaban J connectivity index is 1.92. The summed E-state index contributed by atoms with van der Waals surface area (Å²) in [6.45, 7) is 3.83. The minimum Gasteiger partial charge on any atom is -0.385 e. The summed E-state index contributed by atoms with van der Waals surface area (Å²) in [6.07, 6.45) is 8.86. The third-order valence-electron chi connectivity index (χ3n) is 4.20. The number of hydrogen-bond donors (Lipinski definition) is 2. The lowest BCUT2D eigenvalue weighted by Gasteiger charge is -2.31. The number of nitrogens with one attached hydrogen (secondary N) is 2. The molecule has 0 heterocycles. The second-order valence-electron chi connectivity index (χ2n) is 6.00. The topological polar surface area (TPSA) is 53.6 Å². The summed E-state index contributed by atoms with van der Waals surface area (Å²) in [4.78, 5) is 14.0. The molecule has 0 atom stereocenters. The van der Waals surface area contributed by atoms with Crippen LogP contribution in [0.15, 0.2) is 0 Å². The van der Waals surface area contributed by atoms with E-state index in [2.05, 4.69) is 22.6 Å². The molecule has 1 aliphatic carbocycles. The Hall–Kier alpha value is -0.650. The fraction of sp³-hybridized carbons (Fsp3) is 0.938. The predicted octanol–water partition coefficient (Wildman–Crippen LogP) is 1.38. The fourth-order valence-electron chi connectivity index (χ4n) is 2.87. The lowest BCUT2D eigenvalue weighted by molar-refractivity contribution is -0.120. The Morgan fingerprint density at radius 2 is 1.95 bits per heavy atom. The summed E-state index contributed by atoms with van der Waals surface area (Å²) in [5.41, 5.74) is 0. The van der Waals surface area contributed by atoms with E-state index >= 15 is 0 Å². The van der Waals surface area contributed by atoms with Gasteiger partial charge in [0, 0.05) is 26.3 Å². The highest BCUT2D eigenvalue weighted by atomic mass is 16.5. The molecule has 1 amide bonds. The first kappa shape index (κ1) is 18.4. The zero-order chi connectivity index (χ0) is 15.3. The number of hydrogen-bond acceptors (Lipinski definition) is 4. The van der Waals surface area contributed by atoms with E-state index in [-0.39, 0.29) is 5.91 Å². The quantitative estimate of drug-likeness (QED) is 0.566. The van der Waals surface area contributed by atoms with Gasteiger partial charge in [0.2, 0.25) is 5.91 Å². The molecule has 0 aromatic carbocycles. The Kier molecular flexibility index (Phi) is 10.5. The lowest BCUT2D eigenvalue weighted by atomic mass is 9.94. The number of nitrogens with zero attached hydrogens (tertiary/aromatic N) is 1. The summed E-state index contributed by atoms with van der Waals surface area (Å²) < 4.78 is 4.94. The van der Waals surface area contributed by atoms with Crippen LogP contribution in [0.25, 0.3) is 0 Å². The first-order valence-corrected chi connectivity index (χ1v) is 8.40. The van der Waals surface area contributed by atoms with Gasteiger partial charge in [-0.3, -0.25) is 4.79 Å². The van der Waals surface area contributed by atoms with Crippen LogP contribution in [0.5, 0.6) is 0 Å². The van der Waals surface area contributed by atoms with Gasteiger partial charge in [0.05, 0.1) is 6.54 Å². The standard InChI is InChI=1S/C16H33N3O2/c1-19(15-8-4-3-5-9-15)12-6-10-17-14-16(20)18-11-7-13-21-2/h15,17H,3-14H2,1-2H3,(H,18,20). The Bertz CT molecular complexity index is 268. The molecule has 1 fully saturated rings. The van der Waals surface area contributed by atoms with Crippen LogP contribution in [0.2, 0.25) is 0 Å². The minimum atomic E-state index is 0.0757. The fourth-order valence-corrected chi connectivity index (χ4v) is 2.87. The molecule has 2 N–H and O–H groups in total. The third kappa shape index (κ3) is 9.06. The number of ether oxygens (including phenoxy) is 1. The highest BCUT2D eigenvalue weighted by Crippen LogP contribution is 2.21. The van der Waals surface area contributed by atoms with Crippen molar-refractivity contribution < 1.29 is 9.53 Å². The van der Waals surface area contributed by atoms with Crippen molar-refractivity contribution in [2.45, 2.75) is 51.0 Å². The molecule has 0 spiro atoms. The molecule has 0 saturated heterocycles. The maximum atomic E-state index is 11.5. The van der Waals surface area contributed by atoms with Crippen LogP contribution in [-0.2, 0) is 9.53 Å². The van der Waals surface area contributed by atoms with Crippen molar-refractivity contribution in [1.29, 1.82) is 0 Å². The van der Waals surface area contributed by atoms with E-state index in [4.69, 9.17) is 4.74 Å². The van der Waals surface area contributed by atoms with Gasteiger partial charge >= 0.3 is 0 Å². The predicted molar refractivity (Wildman–Crippen MR) is 86.5 cm³/mol. The molecule has 124 valence electrons. The van der Waals surface area contributed by atoms with Gasteiger partial charge in [0.25, 0.3) is 0 Å². The molecule has 5 heteroatoms. The number of carbonyl (C=O) groups is 1. The Morgan fingerprint density at radius 1 is 1.19 bits per heavy atom. The van der Waals surface area contributed by atoms with Crippen LogP contribution < -0.4 is 10.6 Å². The summed E-state index contributed by atoms with van der Waals surface area (Å²) in [7, 11) is 3.91. The van der Waals surface area contributed by atoms with Crippen LogP contribution in [0.1, 0.15) is 44.9 Å². The van der Waals surface area contributed by atoms with E-state index in [9.17, 15) is 4.79 Å². The highest BCUT2D eigenvalue weighted by molar-refractivity contribution is 5.77. The van der Waals surface area contributed by atoms with Gasteiger partial charge < -0.3 is 20.3 Å². The molecule has 21 heavy (non-hydrogen) atoms. The maximum Gasteiger partial charge on any atom is 0.233 e. The van der Waals surface area contributed by atoms with Crippen LogP contribution in [0.3, 0.4) is 0 Å². The van der Waals surface area contributed by atoms with Gasteiger partial charge in [0.1, 0.15) is 0 Å². The zero-order valence-corrected chi connectivity index (χ0v) is 13.8. The zero-order valence-electron chi connectivity index (χ0n) is 13.8. The molecule has 1 saturated carbocycles. The van der Waals surface area contributed by atoms with Crippen LogP contribution >= 0.6 is 0 Å². The number of rotatable bonds is 11. The molecule has 5 nitrogen and oxygen atoms in total. The van der Waals surface area contributed by atoms with Crippen molar-refractivity contribution in [3.05, 3.63) is 0 Å². The van der Waals surface area contributed by atoms with E-state index in [1.807, 2.05) is 0 Å². The van der Waals surface area contributed by atoms with Crippen molar-refractivity contribution in [1.82, 2.24) is 15.5 Å². The number of amides is 1. The van der Waals surface area contributed by atoms with E-state index in [0.717, 1.165) is 32.0 Å². The minimum absolute atomic E-state index is 0.0757. The summed E-state index contributed by atoms with van der Waals surface area (Å²) >= 11 is 0. The average molecular weight is 299 g/mol. The smallest absolute Gasteiger partial charge is 0.233 e. The Labute approximate surface area is 129 Å². The van der Waals surface area contributed by atoms with Gasteiger partial charge in [-0.2, -0.15) is 0 Å². The van der Waals surface area contributed by atoms with Crippen LogP contribution in [0.4, 0.5) is 0 Å². The largest absolute Gasteiger partial charge is 0.385 e. The van der Waals surface area contributed by atoms with Crippen molar-refractivity contribution >= 4 is 5.91 Å². The van der Waals surface area contributed by atoms with Crippen molar-refractivity contribution in [3.63, 3.8) is 0 Å². The third-order valence-corrected chi connectivity index (χ3v) is 4.20. The molecular weight excluding hydrogens is 266 g/mol. The highest BCUT2D eigenvalue weighted by Gasteiger charge is 2.17. The summed E-state index contributed by atoms with van der Waals surface area (Å²) in [6, 6.07) is 0.780. The summed E-state index contributed by atoms with van der Waals surface area (Å²) in [5, 5.41) is 6.09. The van der Waals surface area contributed by atoms with E-state index in [1.54, 1.807) is 7.11 Å². The second-order valence-corrected chi connectivity index (χ2v) is 6.00. The van der Waals surface area contributed by atoms with Gasteiger partial charge in [-0.25, -0.2) is 0 Å². The van der Waals surface area contributed by atoms with Gasteiger partial charge in [0.15, 0.2) is 0 Å². The average Bonchev–Trinajstić information content (AvgIpc) is 2.52. The molecule has 0 aliphatic heterocycles. The maximum absolute atomic E-state index is 11.5. The van der Waals surface area contributed by atoms with Crippen molar-refractivity contribution in [2.75, 3.05) is 46.9 Å². The normalized spacial score (nSPS) is 16.3. The van der Waals surface area contributed by atoms with Crippen molar-refractivity contribution in [2.24, 2.45) is 0 Å². The first-order valence-electron chi connectivity index (χ1n) is 8.40. The number of carbonyl (C=O) groups excluding carboxylic acids is 1. The molecule has 0 aromatic heterocycles.